The highest BCUT2D eigenvalue weighted by Gasteiger charge is 2.44. The zero-order valence-electron chi connectivity index (χ0n) is 24.0. The maximum Gasteiger partial charge on any atom is 0.522 e. The third-order valence-corrected chi connectivity index (χ3v) is 8.55. The van der Waals surface area contributed by atoms with Gasteiger partial charge in [-0.05, 0) is 100 Å². The Morgan fingerprint density at radius 3 is 1.51 bits per heavy atom. The normalized spacial score (nSPS) is 12.5. The van der Waals surface area contributed by atoms with Gasteiger partial charge in [-0.15, -0.1) is 0 Å². The lowest BCUT2D eigenvalue weighted by atomic mass is 9.88. The van der Waals surface area contributed by atoms with Crippen molar-refractivity contribution >= 4 is 10.1 Å². The van der Waals surface area contributed by atoms with Crippen LogP contribution in [0.2, 0.25) is 0 Å². The summed E-state index contributed by atoms with van der Waals surface area (Å²) >= 11 is 0. The Morgan fingerprint density at radius 1 is 0.628 bits per heavy atom. The number of aryl methyl sites for hydroxylation is 2. The van der Waals surface area contributed by atoms with Gasteiger partial charge in [0.15, 0.2) is 0 Å². The zero-order valence-corrected chi connectivity index (χ0v) is 24.9. The molecule has 0 aromatic heterocycles. The molecule has 2 aliphatic rings. The van der Waals surface area contributed by atoms with Crippen molar-refractivity contribution in [3.05, 3.63) is 142 Å². The third kappa shape index (κ3) is 6.28. The van der Waals surface area contributed by atoms with E-state index >= 15 is 0 Å². The number of halogens is 3. The minimum atomic E-state index is -5.84. The molecule has 7 rings (SSSR count). The summed E-state index contributed by atoms with van der Waals surface area (Å²) in [5.74, 6) is 0. The van der Waals surface area contributed by atoms with Crippen molar-refractivity contribution < 1.29 is 26.1 Å². The van der Waals surface area contributed by atoms with Crippen LogP contribution in [0.25, 0.3) is 33.4 Å². The number of alkyl halides is 3. The number of fused-ring (bicyclic) bond motifs is 6. The van der Waals surface area contributed by atoms with Crippen molar-refractivity contribution in [2.24, 2.45) is 0 Å². The van der Waals surface area contributed by atoms with Gasteiger partial charge in [-0.25, -0.2) is 0 Å². The molecule has 43 heavy (non-hydrogen) atoms. The number of rotatable bonds is 1. The van der Waals surface area contributed by atoms with Crippen molar-refractivity contribution in [1.29, 1.82) is 0 Å². The molecule has 0 saturated heterocycles. The first-order chi connectivity index (χ1) is 20.3. The van der Waals surface area contributed by atoms with E-state index in [2.05, 4.69) is 124 Å². The fourth-order valence-corrected chi connectivity index (χ4v) is 5.71. The van der Waals surface area contributed by atoms with Crippen LogP contribution in [0.3, 0.4) is 0 Å². The third-order valence-electron chi connectivity index (χ3n) is 7.97. The predicted octanol–water partition coefficient (Wildman–Crippen LogP) is 9.50. The van der Waals surface area contributed by atoms with Crippen LogP contribution in [0.15, 0.2) is 103 Å². The molecule has 7 heteroatoms. The summed E-state index contributed by atoms with van der Waals surface area (Å²) in [7, 11) is -5.84. The number of benzene rings is 5. The average molecular weight is 601 g/mol. The summed E-state index contributed by atoms with van der Waals surface area (Å²) in [4.78, 5) is 0. The molecule has 2 aliphatic carbocycles. The molecule has 0 fully saturated rings. The van der Waals surface area contributed by atoms with Crippen LogP contribution in [0.1, 0.15) is 38.9 Å². The highest BCUT2D eigenvalue weighted by atomic mass is 32.2. The second kappa shape index (κ2) is 11.8. The molecule has 0 unspecified atom stereocenters. The van der Waals surface area contributed by atoms with Gasteiger partial charge in [-0.1, -0.05) is 109 Å². The predicted molar refractivity (Wildman–Crippen MR) is 167 cm³/mol. The van der Waals surface area contributed by atoms with Crippen LogP contribution in [-0.2, 0) is 23.0 Å². The summed E-state index contributed by atoms with van der Waals surface area (Å²) in [5, 5.41) is 0. The van der Waals surface area contributed by atoms with Crippen LogP contribution in [0.4, 0.5) is 13.2 Å². The standard InChI is InChI=1S/C22H20.C13H10.CHF3O3S/c1-14-8-10-17(11-9-14)22-16(3)15(2)12-20-19-7-5-4-6-18(19)13-21(20)22;1-3-7-12-10(5-1)9-11-6-2-4-8-13(11)12;2-1(3,4)8(5,6)7/h4-12H,13H2,1-3H3;1-8H,9H2;(H,5,6,7). The van der Waals surface area contributed by atoms with E-state index in [4.69, 9.17) is 13.0 Å². The zero-order chi connectivity index (χ0) is 30.9. The van der Waals surface area contributed by atoms with E-state index in [0.29, 0.717) is 0 Å². The summed E-state index contributed by atoms with van der Waals surface area (Å²) in [5.41, 5.74) is 12.9. The van der Waals surface area contributed by atoms with E-state index in [1.165, 1.54) is 72.3 Å². The monoisotopic (exact) mass is 600 g/mol. The maximum atomic E-state index is 10.7. The van der Waals surface area contributed by atoms with Gasteiger partial charge < -0.3 is 0 Å². The largest absolute Gasteiger partial charge is 0.522 e. The van der Waals surface area contributed by atoms with Crippen LogP contribution in [0.5, 0.6) is 0 Å². The molecular formula is C36H31F3O3S. The molecule has 0 atom stereocenters. The first-order valence-corrected chi connectivity index (χ1v) is 15.3. The van der Waals surface area contributed by atoms with E-state index in [-0.39, 0.29) is 0 Å². The Bertz CT molecular complexity index is 1860. The highest BCUT2D eigenvalue weighted by molar-refractivity contribution is 7.86. The molecular weight excluding hydrogens is 569 g/mol. The number of hydrogen-bond acceptors (Lipinski definition) is 2. The Kier molecular flexibility index (Phi) is 8.32. The van der Waals surface area contributed by atoms with Crippen LogP contribution in [0, 0.1) is 20.8 Å². The second-order valence-corrected chi connectivity index (χ2v) is 12.2. The van der Waals surface area contributed by atoms with Crippen LogP contribution < -0.4 is 0 Å². The molecule has 0 radical (unpaired) electrons. The SMILES string of the molecule is Cc1ccc(-c2c(C)c(C)cc3c2Cc2ccccc2-3)cc1.O=S(=O)(O)C(F)(F)F.c1ccc2c(c1)Cc1ccccc1-2. The molecule has 0 spiro atoms. The molecule has 1 N–H and O–H groups in total. The van der Waals surface area contributed by atoms with Gasteiger partial charge in [-0.3, -0.25) is 4.55 Å². The van der Waals surface area contributed by atoms with Gasteiger partial charge in [0.05, 0.1) is 0 Å². The van der Waals surface area contributed by atoms with Gasteiger partial charge >= 0.3 is 15.6 Å². The summed E-state index contributed by atoms with van der Waals surface area (Å²) < 4.78 is 57.5. The van der Waals surface area contributed by atoms with Gasteiger partial charge in [0.25, 0.3) is 0 Å². The fourth-order valence-electron chi connectivity index (χ4n) is 5.71. The Labute approximate surface area is 250 Å². The quantitative estimate of drug-likeness (QED) is 0.151. The van der Waals surface area contributed by atoms with Crippen LogP contribution >= 0.6 is 0 Å². The topological polar surface area (TPSA) is 54.4 Å². The molecule has 0 heterocycles. The van der Waals surface area contributed by atoms with E-state index < -0.39 is 15.6 Å². The maximum absolute atomic E-state index is 10.7. The van der Waals surface area contributed by atoms with Crippen molar-refractivity contribution in [2.45, 2.75) is 39.1 Å². The van der Waals surface area contributed by atoms with E-state index in [1.807, 2.05) is 0 Å². The van der Waals surface area contributed by atoms with Gasteiger partial charge in [0.2, 0.25) is 0 Å². The molecule has 0 saturated carbocycles. The van der Waals surface area contributed by atoms with Crippen LogP contribution in [-0.4, -0.2) is 18.5 Å². The van der Waals surface area contributed by atoms with Gasteiger partial charge in [-0.2, -0.15) is 21.6 Å². The van der Waals surface area contributed by atoms with E-state index in [0.717, 1.165) is 12.8 Å². The smallest absolute Gasteiger partial charge is 0.279 e. The lowest BCUT2D eigenvalue weighted by Crippen LogP contribution is -2.21. The molecule has 5 aromatic carbocycles. The molecule has 0 aliphatic heterocycles. The average Bonchev–Trinajstić information content (AvgIpc) is 3.52. The van der Waals surface area contributed by atoms with Gasteiger partial charge in [0, 0.05) is 0 Å². The molecule has 0 bridgehead atoms. The van der Waals surface area contributed by atoms with Crippen molar-refractivity contribution in [3.63, 3.8) is 0 Å². The second-order valence-electron chi connectivity index (χ2n) is 10.8. The minimum Gasteiger partial charge on any atom is -0.279 e. The summed E-state index contributed by atoms with van der Waals surface area (Å²) in [6.07, 6.45) is 2.15. The lowest BCUT2D eigenvalue weighted by molar-refractivity contribution is -0.0510. The Hall–Kier alpha value is -4.20. The first kappa shape index (κ1) is 30.3. The van der Waals surface area contributed by atoms with E-state index in [1.54, 1.807) is 0 Å². The van der Waals surface area contributed by atoms with Crippen molar-refractivity contribution in [3.8, 4) is 33.4 Å². The summed E-state index contributed by atoms with van der Waals surface area (Å²) in [6.45, 7) is 6.63. The molecule has 5 aromatic rings. The lowest BCUT2D eigenvalue weighted by Gasteiger charge is -2.16. The van der Waals surface area contributed by atoms with E-state index in [9.17, 15) is 13.2 Å². The number of hydrogen-bond donors (Lipinski definition) is 1. The highest BCUT2D eigenvalue weighted by Crippen LogP contribution is 2.44. The first-order valence-electron chi connectivity index (χ1n) is 13.8. The van der Waals surface area contributed by atoms with Gasteiger partial charge in [0.1, 0.15) is 0 Å². The Morgan fingerprint density at radius 2 is 1.05 bits per heavy atom. The van der Waals surface area contributed by atoms with Crippen molar-refractivity contribution in [1.82, 2.24) is 0 Å². The molecule has 0 amide bonds. The fraction of sp³-hybridized carbons (Fsp3) is 0.167. The minimum absolute atomic E-state index is 1.05. The van der Waals surface area contributed by atoms with Crippen molar-refractivity contribution in [2.75, 3.05) is 0 Å². The molecule has 3 nitrogen and oxygen atoms in total. The summed E-state index contributed by atoms with van der Waals surface area (Å²) in [6, 6.07) is 37.5. The Balaban J connectivity index is 0.000000148. The molecule has 220 valence electrons.